The maximum Gasteiger partial charge on any atom is 0.143 e. The lowest BCUT2D eigenvalue weighted by molar-refractivity contribution is -0.295. The highest BCUT2D eigenvalue weighted by Gasteiger charge is 2.52. The van der Waals surface area contributed by atoms with Crippen LogP contribution in [0.4, 0.5) is 0 Å². The monoisotopic (exact) mass is 946 g/mol. The van der Waals surface area contributed by atoms with Crippen molar-refractivity contribution in [2.45, 2.75) is 75.3 Å². The van der Waals surface area contributed by atoms with Gasteiger partial charge in [-0.05, 0) is 56.6 Å². The minimum atomic E-state index is -1.05. The molecule has 0 aromatic heterocycles. The number of hydrogen-bond acceptors (Lipinski definition) is 8. The van der Waals surface area contributed by atoms with Gasteiger partial charge in [0.2, 0.25) is 0 Å². The van der Waals surface area contributed by atoms with E-state index >= 15 is 0 Å². The average Bonchev–Trinajstić information content (AvgIpc) is 3.44. The number of hydrogen-bond donors (Lipinski definition) is 0. The quantitative estimate of drug-likeness (QED) is 0.0555. The second kappa shape index (κ2) is 25.4. The molecule has 8 aromatic rings. The number of benzene rings is 8. The van der Waals surface area contributed by atoms with Gasteiger partial charge < -0.3 is 37.9 Å². The Bertz CT molecular complexity index is 2620. The van der Waals surface area contributed by atoms with E-state index in [4.69, 9.17) is 37.9 Å². The SMILES string of the molecule is COc1ccc(CO[C@@H]2[C@@H](OCc3ccccc3)[C@H](OCc3ccccc3)[C@@H](COCc3ccccc3)O[C@H]2[C@@H](COC(c2ccccc2)(c2ccccc2)c2ccccc2)OCc2ccccc2)cc1. The Morgan fingerprint density at radius 2 is 0.789 bits per heavy atom. The fourth-order valence-electron chi connectivity index (χ4n) is 9.26. The molecule has 0 spiro atoms. The highest BCUT2D eigenvalue weighted by Crippen LogP contribution is 2.42. The lowest BCUT2D eigenvalue weighted by Crippen LogP contribution is -2.64. The van der Waals surface area contributed by atoms with Crippen LogP contribution in [0.3, 0.4) is 0 Å². The van der Waals surface area contributed by atoms with Crippen molar-refractivity contribution >= 4 is 0 Å². The van der Waals surface area contributed by atoms with E-state index in [0.717, 1.165) is 50.3 Å². The minimum absolute atomic E-state index is 0.0944. The van der Waals surface area contributed by atoms with Crippen LogP contribution in [0.2, 0.25) is 0 Å². The van der Waals surface area contributed by atoms with Gasteiger partial charge in [0.15, 0.2) is 0 Å². The van der Waals surface area contributed by atoms with E-state index in [2.05, 4.69) is 121 Å². The van der Waals surface area contributed by atoms with Gasteiger partial charge in [0.05, 0.1) is 53.4 Å². The maximum absolute atomic E-state index is 7.62. The molecule has 0 radical (unpaired) electrons. The van der Waals surface area contributed by atoms with Gasteiger partial charge in [-0.25, -0.2) is 0 Å². The van der Waals surface area contributed by atoms with E-state index in [0.29, 0.717) is 19.8 Å². The summed E-state index contributed by atoms with van der Waals surface area (Å²) in [5, 5.41) is 0. The van der Waals surface area contributed by atoms with Gasteiger partial charge in [-0.15, -0.1) is 0 Å². The van der Waals surface area contributed by atoms with Crippen molar-refractivity contribution in [3.05, 3.63) is 281 Å². The van der Waals surface area contributed by atoms with Crippen LogP contribution in [0.15, 0.2) is 237 Å². The van der Waals surface area contributed by atoms with E-state index in [9.17, 15) is 0 Å². The third-order valence-electron chi connectivity index (χ3n) is 12.9. The highest BCUT2D eigenvalue weighted by molar-refractivity contribution is 5.47. The van der Waals surface area contributed by atoms with E-state index in [1.165, 1.54) is 0 Å². The number of methoxy groups -OCH3 is 1. The fraction of sp³-hybridized carbons (Fsp3) is 0.238. The summed E-state index contributed by atoms with van der Waals surface area (Å²) >= 11 is 0. The first-order valence-corrected chi connectivity index (χ1v) is 24.4. The molecule has 8 aromatic carbocycles. The maximum atomic E-state index is 7.62. The second-order valence-electron chi connectivity index (χ2n) is 17.7. The van der Waals surface area contributed by atoms with Gasteiger partial charge in [0, 0.05) is 0 Å². The molecule has 1 aliphatic heterocycles. The zero-order chi connectivity index (χ0) is 48.3. The Kier molecular flexibility index (Phi) is 17.6. The van der Waals surface area contributed by atoms with E-state index in [-0.39, 0.29) is 26.4 Å². The molecule has 8 nitrogen and oxygen atoms in total. The summed E-state index contributed by atoms with van der Waals surface area (Å²) in [4.78, 5) is 0. The molecule has 1 aliphatic rings. The molecule has 0 saturated carbocycles. The predicted molar refractivity (Wildman–Crippen MR) is 277 cm³/mol. The summed E-state index contributed by atoms with van der Waals surface area (Å²) < 4.78 is 55.9. The zero-order valence-corrected chi connectivity index (χ0v) is 40.2. The average molecular weight is 947 g/mol. The third kappa shape index (κ3) is 13.0. The first-order valence-electron chi connectivity index (χ1n) is 24.4. The standard InChI is InChI=1S/C63H62O8/c1-64-56-39-37-52(38-40-56)45-69-62-60(71-58(46-65-41-48-23-9-2-10-24-48)59(67-43-50-27-13-4-14-28-50)61(62)68-44-51-29-15-5-16-30-51)57(66-42-49-25-11-3-12-26-49)47-70-63(53-31-17-6-18-32-53,54-33-19-7-20-34-54)55-35-21-8-22-36-55/h2-40,57-62H,41-47H2,1H3/t57-,58-,59-,60+,61+,62+/m1/s1. The fourth-order valence-corrected chi connectivity index (χ4v) is 9.26. The van der Waals surface area contributed by atoms with E-state index in [1.54, 1.807) is 7.11 Å². The van der Waals surface area contributed by atoms with E-state index < -0.39 is 42.2 Å². The van der Waals surface area contributed by atoms with Crippen molar-refractivity contribution in [1.82, 2.24) is 0 Å². The first-order chi connectivity index (χ1) is 35.2. The Morgan fingerprint density at radius 1 is 0.408 bits per heavy atom. The summed E-state index contributed by atoms with van der Waals surface area (Å²) in [7, 11) is 1.67. The van der Waals surface area contributed by atoms with Crippen molar-refractivity contribution in [3.8, 4) is 5.75 Å². The van der Waals surface area contributed by atoms with Gasteiger partial charge >= 0.3 is 0 Å². The molecule has 8 heteroatoms. The Hall–Kier alpha value is -6.72. The van der Waals surface area contributed by atoms with Crippen molar-refractivity contribution in [3.63, 3.8) is 0 Å². The Morgan fingerprint density at radius 3 is 1.24 bits per heavy atom. The highest BCUT2D eigenvalue weighted by atomic mass is 16.6. The number of rotatable bonds is 24. The molecule has 1 heterocycles. The largest absolute Gasteiger partial charge is 0.497 e. The molecule has 71 heavy (non-hydrogen) atoms. The normalized spacial score (nSPS) is 18.4. The third-order valence-corrected chi connectivity index (χ3v) is 12.9. The van der Waals surface area contributed by atoms with Crippen LogP contribution >= 0.6 is 0 Å². The van der Waals surface area contributed by atoms with Gasteiger partial charge in [-0.1, -0.05) is 224 Å². The molecular weight excluding hydrogens is 885 g/mol. The molecule has 0 aliphatic carbocycles. The van der Waals surface area contributed by atoms with Crippen LogP contribution in [-0.2, 0) is 71.8 Å². The predicted octanol–water partition coefficient (Wildman–Crippen LogP) is 12.3. The van der Waals surface area contributed by atoms with Crippen molar-refractivity contribution < 1.29 is 37.9 Å². The molecule has 0 N–H and O–H groups in total. The molecule has 0 bridgehead atoms. The number of ether oxygens (including phenoxy) is 8. The summed E-state index contributed by atoms with van der Waals surface area (Å²) in [5.41, 5.74) is 6.92. The van der Waals surface area contributed by atoms with Crippen molar-refractivity contribution in [2.75, 3.05) is 20.3 Å². The molecule has 6 atom stereocenters. The van der Waals surface area contributed by atoms with Crippen molar-refractivity contribution in [1.29, 1.82) is 0 Å². The molecule has 9 rings (SSSR count). The summed E-state index contributed by atoms with van der Waals surface area (Å²) in [6.45, 7) is 1.83. The van der Waals surface area contributed by atoms with Crippen LogP contribution in [0.5, 0.6) is 5.75 Å². The van der Waals surface area contributed by atoms with Gasteiger partial charge in [-0.3, -0.25) is 0 Å². The summed E-state index contributed by atoms with van der Waals surface area (Å²) in [5.74, 6) is 0.759. The lowest BCUT2D eigenvalue weighted by atomic mass is 9.80. The van der Waals surface area contributed by atoms with Crippen LogP contribution in [0.25, 0.3) is 0 Å². The van der Waals surface area contributed by atoms with E-state index in [1.807, 2.05) is 115 Å². The first kappa shape index (κ1) is 49.3. The summed E-state index contributed by atoms with van der Waals surface area (Å²) in [6, 6.07) is 79.8. The van der Waals surface area contributed by atoms with Gasteiger partial charge in [-0.2, -0.15) is 0 Å². The molecule has 1 fully saturated rings. The molecular formula is C63H62O8. The van der Waals surface area contributed by atoms with Crippen molar-refractivity contribution in [2.24, 2.45) is 0 Å². The molecule has 362 valence electrons. The molecule has 1 saturated heterocycles. The molecule has 0 unspecified atom stereocenters. The topological polar surface area (TPSA) is 73.8 Å². The Balaban J connectivity index is 1.16. The zero-order valence-electron chi connectivity index (χ0n) is 40.2. The minimum Gasteiger partial charge on any atom is -0.497 e. The second-order valence-corrected chi connectivity index (χ2v) is 17.7. The van der Waals surface area contributed by atoms with Crippen LogP contribution < -0.4 is 4.74 Å². The van der Waals surface area contributed by atoms with Gasteiger partial charge in [0.1, 0.15) is 48.0 Å². The summed E-state index contributed by atoms with van der Waals surface area (Å²) in [6.07, 6.45) is -4.17. The molecule has 0 amide bonds. The Labute approximate surface area is 418 Å². The smallest absolute Gasteiger partial charge is 0.143 e. The van der Waals surface area contributed by atoms with Crippen LogP contribution in [-0.4, -0.2) is 56.9 Å². The van der Waals surface area contributed by atoms with Gasteiger partial charge in [0.25, 0.3) is 0 Å². The van der Waals surface area contributed by atoms with Crippen LogP contribution in [0.1, 0.15) is 44.5 Å². The lowest BCUT2D eigenvalue weighted by Gasteiger charge is -2.48. The van der Waals surface area contributed by atoms with Crippen LogP contribution in [0, 0.1) is 0 Å².